The summed E-state index contributed by atoms with van der Waals surface area (Å²) in [5, 5.41) is 26.8. The molecule has 66 valence electrons. The zero-order chi connectivity index (χ0) is 9.30. The molecule has 12 heavy (non-hydrogen) atoms. The zero-order valence-corrected chi connectivity index (χ0v) is 7.26. The van der Waals surface area contributed by atoms with Crippen LogP contribution in [0.2, 0.25) is 0 Å². The number of amidine groups is 1. The third-order valence-corrected chi connectivity index (χ3v) is 1.72. The van der Waals surface area contributed by atoms with Crippen LogP contribution in [0.4, 0.5) is 0 Å². The minimum Gasteiger partial charge on any atom is -0.477 e. The number of aliphatic hydroxyl groups excluding tert-OH is 1. The van der Waals surface area contributed by atoms with Gasteiger partial charge in [-0.05, 0) is 22.0 Å². The molecule has 6 nitrogen and oxygen atoms in total. The number of carboxylic acid groups (broad SMARTS) is 1. The summed E-state index contributed by atoms with van der Waals surface area (Å²) in [6.45, 7) is 0. The van der Waals surface area contributed by atoms with Gasteiger partial charge < -0.3 is 10.2 Å². The fraction of sp³-hybridized carbons (Fsp3) is 0.200. The number of hydroxylamine groups is 2. The fourth-order valence-electron chi connectivity index (χ4n) is 0.628. The first kappa shape index (κ1) is 9.17. The lowest BCUT2D eigenvalue weighted by atomic mass is 10.3. The van der Waals surface area contributed by atoms with Crippen LogP contribution in [0.3, 0.4) is 0 Å². The number of rotatable bonds is 1. The Morgan fingerprint density at radius 3 is 2.75 bits per heavy atom. The summed E-state index contributed by atoms with van der Waals surface area (Å²) in [6.07, 6.45) is -0.476. The van der Waals surface area contributed by atoms with E-state index in [1.54, 1.807) is 0 Å². The van der Waals surface area contributed by atoms with Gasteiger partial charge >= 0.3 is 5.97 Å². The largest absolute Gasteiger partial charge is 0.477 e. The van der Waals surface area contributed by atoms with Gasteiger partial charge in [0.2, 0.25) is 0 Å². The van der Waals surface area contributed by atoms with E-state index in [9.17, 15) is 4.79 Å². The molecule has 1 rings (SSSR count). The molecule has 0 radical (unpaired) electrons. The summed E-state index contributed by atoms with van der Waals surface area (Å²) in [5.41, 5.74) is -0.320. The summed E-state index contributed by atoms with van der Waals surface area (Å²) >= 11 is 2.76. The molecule has 0 aromatic heterocycles. The van der Waals surface area contributed by atoms with Crippen LogP contribution in [-0.4, -0.2) is 37.4 Å². The van der Waals surface area contributed by atoms with E-state index in [2.05, 4.69) is 20.9 Å². The molecular weight excluding hydrogens is 232 g/mol. The van der Waals surface area contributed by atoms with E-state index < -0.39 is 12.2 Å². The van der Waals surface area contributed by atoms with Gasteiger partial charge in [-0.2, -0.15) is 5.06 Å². The first-order chi connectivity index (χ1) is 5.52. The molecule has 0 amide bonds. The average Bonchev–Trinajstić information content (AvgIpc) is 1.99. The molecule has 0 saturated carbocycles. The summed E-state index contributed by atoms with van der Waals surface area (Å²) < 4.78 is -0.144. The number of aliphatic hydroxyl groups is 1. The molecule has 0 fully saturated rings. The number of nitrogens with zero attached hydrogens (tertiary/aromatic N) is 2. The van der Waals surface area contributed by atoms with Gasteiger partial charge in [-0.25, -0.2) is 9.79 Å². The van der Waals surface area contributed by atoms with E-state index in [-0.39, 0.29) is 10.4 Å². The van der Waals surface area contributed by atoms with Crippen LogP contribution in [0.25, 0.3) is 0 Å². The van der Waals surface area contributed by atoms with Gasteiger partial charge in [0.05, 0.1) is 0 Å². The molecule has 0 bridgehead atoms. The van der Waals surface area contributed by atoms with Crippen molar-refractivity contribution in [2.45, 2.75) is 6.23 Å². The Balaban J connectivity index is 2.95. The van der Waals surface area contributed by atoms with Crippen LogP contribution in [-0.2, 0) is 4.79 Å². The Morgan fingerprint density at radius 2 is 2.33 bits per heavy atom. The topological polar surface area (TPSA) is 93.4 Å². The Morgan fingerprint density at radius 1 is 1.75 bits per heavy atom. The van der Waals surface area contributed by atoms with Crippen LogP contribution in [0.5, 0.6) is 0 Å². The van der Waals surface area contributed by atoms with Crippen molar-refractivity contribution >= 4 is 26.6 Å². The first-order valence-electron chi connectivity index (χ1n) is 2.88. The van der Waals surface area contributed by atoms with E-state index in [4.69, 9.17) is 15.4 Å². The second kappa shape index (κ2) is 3.21. The van der Waals surface area contributed by atoms with E-state index in [1.807, 2.05) is 0 Å². The molecular formula is C5H5BrN2O4. The number of hydrogen-bond acceptors (Lipinski definition) is 5. The van der Waals surface area contributed by atoms with Crippen molar-refractivity contribution in [1.29, 1.82) is 0 Å². The molecule has 7 heteroatoms. The predicted octanol–water partition coefficient (Wildman–Crippen LogP) is -0.271. The fourth-order valence-corrected chi connectivity index (χ4v) is 1.03. The quantitative estimate of drug-likeness (QED) is 0.546. The molecule has 1 unspecified atom stereocenters. The van der Waals surface area contributed by atoms with Gasteiger partial charge in [0.1, 0.15) is 0 Å². The van der Waals surface area contributed by atoms with Gasteiger partial charge in [0.25, 0.3) is 0 Å². The van der Waals surface area contributed by atoms with Crippen LogP contribution in [0.15, 0.2) is 16.8 Å². The number of halogens is 1. The maximum Gasteiger partial charge on any atom is 0.354 e. The van der Waals surface area contributed by atoms with Gasteiger partial charge in [-0.3, -0.25) is 5.21 Å². The summed E-state index contributed by atoms with van der Waals surface area (Å²) in [7, 11) is 0. The van der Waals surface area contributed by atoms with E-state index in [0.29, 0.717) is 5.06 Å². The highest BCUT2D eigenvalue weighted by molar-refractivity contribution is 9.18. The van der Waals surface area contributed by atoms with Crippen molar-refractivity contribution in [3.05, 3.63) is 11.8 Å². The monoisotopic (exact) mass is 236 g/mol. The van der Waals surface area contributed by atoms with Crippen molar-refractivity contribution in [2.24, 2.45) is 4.99 Å². The van der Waals surface area contributed by atoms with Gasteiger partial charge in [-0.15, -0.1) is 0 Å². The number of aliphatic carboxylic acids is 1. The highest BCUT2D eigenvalue weighted by Gasteiger charge is 2.22. The molecule has 1 aliphatic rings. The molecule has 1 aliphatic heterocycles. The van der Waals surface area contributed by atoms with Crippen LogP contribution in [0.1, 0.15) is 0 Å². The van der Waals surface area contributed by atoms with Crippen molar-refractivity contribution in [1.82, 2.24) is 5.06 Å². The summed E-state index contributed by atoms with van der Waals surface area (Å²) in [4.78, 5) is 13.8. The third-order valence-electron chi connectivity index (χ3n) is 1.18. The standard InChI is InChI=1S/C5H5BrN2O4/c6-5-7-2(4(10)11)1-3(9)8(5)12/h1,3,9,12H,(H,10,11). The minimum absolute atomic E-state index is 0.144. The maximum atomic E-state index is 10.3. The normalized spacial score (nSPS) is 23.2. The Labute approximate surface area is 75.5 Å². The van der Waals surface area contributed by atoms with Crippen molar-refractivity contribution in [2.75, 3.05) is 0 Å². The Kier molecular flexibility index (Phi) is 2.46. The van der Waals surface area contributed by atoms with Gasteiger partial charge in [-0.1, -0.05) is 0 Å². The molecule has 0 aliphatic carbocycles. The Bertz CT molecular complexity index is 275. The van der Waals surface area contributed by atoms with E-state index in [0.717, 1.165) is 6.08 Å². The van der Waals surface area contributed by atoms with Crippen molar-refractivity contribution in [3.63, 3.8) is 0 Å². The second-order valence-electron chi connectivity index (χ2n) is 2.00. The zero-order valence-electron chi connectivity index (χ0n) is 5.68. The molecule has 0 aromatic carbocycles. The molecule has 0 aromatic rings. The summed E-state index contributed by atoms with van der Waals surface area (Å²) in [6, 6.07) is 0. The lowest BCUT2D eigenvalue weighted by molar-refractivity contribution is -0.134. The molecule has 0 saturated heterocycles. The van der Waals surface area contributed by atoms with E-state index in [1.165, 1.54) is 0 Å². The lowest BCUT2D eigenvalue weighted by Crippen LogP contribution is -2.36. The molecule has 3 N–H and O–H groups in total. The highest BCUT2D eigenvalue weighted by atomic mass is 79.9. The molecule has 1 atom stereocenters. The Hall–Kier alpha value is -0.920. The lowest BCUT2D eigenvalue weighted by Gasteiger charge is -2.22. The van der Waals surface area contributed by atoms with Gasteiger partial charge in [0.15, 0.2) is 16.7 Å². The van der Waals surface area contributed by atoms with E-state index >= 15 is 0 Å². The van der Waals surface area contributed by atoms with Crippen LogP contribution in [0, 0.1) is 0 Å². The second-order valence-corrected chi connectivity index (χ2v) is 2.71. The smallest absolute Gasteiger partial charge is 0.354 e. The predicted molar refractivity (Wildman–Crippen MR) is 41.7 cm³/mol. The van der Waals surface area contributed by atoms with Gasteiger partial charge in [0, 0.05) is 0 Å². The maximum absolute atomic E-state index is 10.3. The average molecular weight is 237 g/mol. The van der Waals surface area contributed by atoms with Crippen LogP contribution < -0.4 is 0 Å². The third kappa shape index (κ3) is 1.63. The minimum atomic E-state index is -1.39. The first-order valence-corrected chi connectivity index (χ1v) is 3.67. The number of hydrogen-bond donors (Lipinski definition) is 3. The van der Waals surface area contributed by atoms with Crippen LogP contribution >= 0.6 is 15.9 Å². The molecule has 1 heterocycles. The van der Waals surface area contributed by atoms with Crippen molar-refractivity contribution < 1.29 is 20.2 Å². The molecule has 0 spiro atoms. The number of aliphatic imine (C=N–C) groups is 1. The number of carbonyl (C=O) groups is 1. The SMILES string of the molecule is O=C(O)C1=CC(O)N(O)C(Br)=N1. The summed E-state index contributed by atoms with van der Waals surface area (Å²) in [5.74, 6) is -1.26. The van der Waals surface area contributed by atoms with Crippen molar-refractivity contribution in [3.8, 4) is 0 Å². The number of carboxylic acids is 1. The highest BCUT2D eigenvalue weighted by Crippen LogP contribution is 2.13.